The second-order valence-electron chi connectivity index (χ2n) is 8.57. The van der Waals surface area contributed by atoms with E-state index in [1.165, 1.54) is 11.4 Å². The van der Waals surface area contributed by atoms with Gasteiger partial charge in [0, 0.05) is 26.2 Å². The fourth-order valence-corrected chi connectivity index (χ4v) is 2.82. The molecule has 0 saturated heterocycles. The Morgan fingerprint density at radius 2 is 1.04 bits per heavy atom. The Bertz CT molecular complexity index is 471. The van der Waals surface area contributed by atoms with Crippen LogP contribution in [0.5, 0.6) is 0 Å². The van der Waals surface area contributed by atoms with Crippen molar-refractivity contribution in [3.8, 4) is 0 Å². The van der Waals surface area contributed by atoms with E-state index in [0.717, 1.165) is 39.4 Å². The molecule has 0 amide bonds. The lowest BCUT2D eigenvalue weighted by atomic mass is 10.2. The van der Waals surface area contributed by atoms with Gasteiger partial charge in [-0.05, 0) is 67.5 Å². The molecule has 26 heavy (non-hydrogen) atoms. The topological polar surface area (TPSA) is 24.9 Å². The highest BCUT2D eigenvalue weighted by molar-refractivity contribution is 5.71. The molecule has 150 valence electrons. The fourth-order valence-electron chi connectivity index (χ4n) is 2.82. The van der Waals surface area contributed by atoms with Crippen molar-refractivity contribution in [1.29, 1.82) is 0 Å². The molecule has 0 radical (unpaired) electrons. The van der Waals surface area contributed by atoms with Crippen LogP contribution in [-0.2, 0) is 9.47 Å². The van der Waals surface area contributed by atoms with Crippen LogP contribution < -0.4 is 9.80 Å². The average Bonchev–Trinajstić information content (AvgIpc) is 2.54. The van der Waals surface area contributed by atoms with Crippen molar-refractivity contribution in [2.24, 2.45) is 0 Å². The van der Waals surface area contributed by atoms with Gasteiger partial charge in [0.1, 0.15) is 0 Å². The maximum Gasteiger partial charge on any atom is 0.0648 e. The summed E-state index contributed by atoms with van der Waals surface area (Å²) in [7, 11) is 0. The number of benzene rings is 1. The van der Waals surface area contributed by atoms with Gasteiger partial charge in [-0.25, -0.2) is 0 Å². The molecule has 0 fully saturated rings. The molecule has 0 aromatic heterocycles. The molecule has 0 atom stereocenters. The van der Waals surface area contributed by atoms with Crippen molar-refractivity contribution in [2.75, 3.05) is 49.2 Å². The molecule has 4 heteroatoms. The van der Waals surface area contributed by atoms with Gasteiger partial charge in [-0.3, -0.25) is 0 Å². The van der Waals surface area contributed by atoms with Gasteiger partial charge in [-0.1, -0.05) is 12.1 Å². The van der Waals surface area contributed by atoms with Crippen LogP contribution >= 0.6 is 0 Å². The zero-order chi connectivity index (χ0) is 19.8. The van der Waals surface area contributed by atoms with E-state index in [1.807, 2.05) is 0 Å². The van der Waals surface area contributed by atoms with Gasteiger partial charge in [-0.15, -0.1) is 0 Å². The van der Waals surface area contributed by atoms with E-state index in [4.69, 9.17) is 9.47 Å². The molecular formula is C22H40N2O2. The molecule has 0 heterocycles. The fraction of sp³-hybridized carbons (Fsp3) is 0.727. The summed E-state index contributed by atoms with van der Waals surface area (Å²) in [5.41, 5.74) is 2.34. The second kappa shape index (κ2) is 10.2. The van der Waals surface area contributed by atoms with Crippen molar-refractivity contribution in [3.05, 3.63) is 24.3 Å². The van der Waals surface area contributed by atoms with Gasteiger partial charge < -0.3 is 19.3 Å². The largest absolute Gasteiger partial charge is 0.374 e. The van der Waals surface area contributed by atoms with Crippen LogP contribution in [0.2, 0.25) is 0 Å². The first kappa shape index (κ1) is 22.8. The maximum atomic E-state index is 5.94. The third-order valence-electron chi connectivity index (χ3n) is 4.12. The molecule has 0 aliphatic heterocycles. The number of likely N-dealkylation sites (N-methyl/N-ethyl adjacent to an activating group) is 2. The molecule has 0 N–H and O–H groups in total. The average molecular weight is 365 g/mol. The van der Waals surface area contributed by atoms with Crippen molar-refractivity contribution < 1.29 is 9.47 Å². The van der Waals surface area contributed by atoms with Crippen LogP contribution in [-0.4, -0.2) is 50.6 Å². The Hall–Kier alpha value is -1.26. The SMILES string of the molecule is CCN(CCOC(C)(C)C)c1ccccc1N(CC)CCOC(C)(C)C. The summed E-state index contributed by atoms with van der Waals surface area (Å²) in [6, 6.07) is 8.66. The molecule has 1 rings (SSSR count). The Balaban J connectivity index is 2.85. The summed E-state index contributed by atoms with van der Waals surface area (Å²) in [6.45, 7) is 22.2. The summed E-state index contributed by atoms with van der Waals surface area (Å²) in [5, 5.41) is 0. The molecule has 0 spiro atoms. The third kappa shape index (κ3) is 8.41. The van der Waals surface area contributed by atoms with Gasteiger partial charge >= 0.3 is 0 Å². The Morgan fingerprint density at radius 1 is 0.692 bits per heavy atom. The van der Waals surface area contributed by atoms with E-state index in [2.05, 4.69) is 89.5 Å². The summed E-state index contributed by atoms with van der Waals surface area (Å²) >= 11 is 0. The van der Waals surface area contributed by atoms with Crippen LogP contribution in [0.25, 0.3) is 0 Å². The summed E-state index contributed by atoms with van der Waals surface area (Å²) < 4.78 is 11.9. The number of hydrogen-bond acceptors (Lipinski definition) is 4. The maximum absolute atomic E-state index is 5.94. The molecule has 0 saturated carbocycles. The van der Waals surface area contributed by atoms with E-state index in [1.54, 1.807) is 0 Å². The molecule has 0 bridgehead atoms. The molecule has 4 nitrogen and oxygen atoms in total. The monoisotopic (exact) mass is 364 g/mol. The summed E-state index contributed by atoms with van der Waals surface area (Å²) in [4.78, 5) is 4.79. The molecule has 1 aromatic carbocycles. The minimum absolute atomic E-state index is 0.0985. The van der Waals surface area contributed by atoms with Gasteiger partial charge in [0.05, 0.1) is 35.8 Å². The van der Waals surface area contributed by atoms with Gasteiger partial charge in [-0.2, -0.15) is 0 Å². The van der Waals surface area contributed by atoms with Crippen molar-refractivity contribution >= 4 is 11.4 Å². The second-order valence-corrected chi connectivity index (χ2v) is 8.57. The molecule has 0 aliphatic carbocycles. The van der Waals surface area contributed by atoms with Crippen LogP contribution in [0, 0.1) is 0 Å². The predicted molar refractivity (Wildman–Crippen MR) is 114 cm³/mol. The molecular weight excluding hydrogens is 324 g/mol. The normalized spacial score (nSPS) is 12.3. The Kier molecular flexibility index (Phi) is 8.91. The highest BCUT2D eigenvalue weighted by Crippen LogP contribution is 2.29. The Labute approximate surface area is 161 Å². The van der Waals surface area contributed by atoms with Gasteiger partial charge in [0.15, 0.2) is 0 Å². The minimum atomic E-state index is -0.0985. The lowest BCUT2D eigenvalue weighted by molar-refractivity contribution is 0.000804. The molecule has 0 aliphatic rings. The van der Waals surface area contributed by atoms with Crippen LogP contribution in [0.15, 0.2) is 24.3 Å². The minimum Gasteiger partial charge on any atom is -0.374 e. The van der Waals surface area contributed by atoms with Crippen LogP contribution in [0.3, 0.4) is 0 Å². The summed E-state index contributed by atoms with van der Waals surface area (Å²) in [5.74, 6) is 0. The van der Waals surface area contributed by atoms with Crippen molar-refractivity contribution in [1.82, 2.24) is 0 Å². The number of anilines is 2. The first-order chi connectivity index (χ1) is 12.1. The Morgan fingerprint density at radius 3 is 1.31 bits per heavy atom. The zero-order valence-corrected chi connectivity index (χ0v) is 18.3. The number of para-hydroxylation sites is 2. The summed E-state index contributed by atoms with van der Waals surface area (Å²) in [6.07, 6.45) is 0. The smallest absolute Gasteiger partial charge is 0.0648 e. The van der Waals surface area contributed by atoms with Gasteiger partial charge in [0.2, 0.25) is 0 Å². The van der Waals surface area contributed by atoms with E-state index < -0.39 is 0 Å². The lowest BCUT2D eigenvalue weighted by Crippen LogP contribution is -2.34. The number of rotatable bonds is 10. The van der Waals surface area contributed by atoms with E-state index >= 15 is 0 Å². The third-order valence-corrected chi connectivity index (χ3v) is 4.12. The quantitative estimate of drug-likeness (QED) is 0.585. The number of nitrogens with zero attached hydrogens (tertiary/aromatic N) is 2. The van der Waals surface area contributed by atoms with Crippen molar-refractivity contribution in [2.45, 2.75) is 66.6 Å². The molecule has 0 unspecified atom stereocenters. The van der Waals surface area contributed by atoms with Crippen LogP contribution in [0.4, 0.5) is 11.4 Å². The van der Waals surface area contributed by atoms with E-state index in [-0.39, 0.29) is 11.2 Å². The first-order valence-corrected chi connectivity index (χ1v) is 9.94. The first-order valence-electron chi connectivity index (χ1n) is 9.94. The van der Waals surface area contributed by atoms with E-state index in [0.29, 0.717) is 0 Å². The highest BCUT2D eigenvalue weighted by Gasteiger charge is 2.17. The molecule has 1 aromatic rings. The standard InChI is InChI=1S/C22H40N2O2/c1-9-23(15-17-25-21(3,4)5)19-13-11-12-14-20(19)24(10-2)16-18-26-22(6,7)8/h11-14H,9-10,15-18H2,1-8H3. The zero-order valence-electron chi connectivity index (χ0n) is 18.3. The number of hydrogen-bond donors (Lipinski definition) is 0. The number of ether oxygens (including phenoxy) is 2. The van der Waals surface area contributed by atoms with Crippen molar-refractivity contribution in [3.63, 3.8) is 0 Å². The van der Waals surface area contributed by atoms with Crippen LogP contribution in [0.1, 0.15) is 55.4 Å². The van der Waals surface area contributed by atoms with E-state index in [9.17, 15) is 0 Å². The lowest BCUT2D eigenvalue weighted by Gasteiger charge is -2.32. The predicted octanol–water partition coefficient (Wildman–Crippen LogP) is 4.97. The highest BCUT2D eigenvalue weighted by atomic mass is 16.5. The van der Waals surface area contributed by atoms with Gasteiger partial charge in [0.25, 0.3) is 0 Å².